The fourth-order valence-corrected chi connectivity index (χ4v) is 2.49. The van der Waals surface area contributed by atoms with Crippen molar-refractivity contribution in [3.8, 4) is 0 Å². The second-order valence-electron chi connectivity index (χ2n) is 6.04. The van der Waals surface area contributed by atoms with Crippen LogP contribution in [0.5, 0.6) is 0 Å². The maximum atomic E-state index is 3.63. The molecule has 0 amide bonds. The Kier molecular flexibility index (Phi) is 3.58. The zero-order valence-corrected chi connectivity index (χ0v) is 11.6. The normalized spacial score (nSPS) is 17.5. The summed E-state index contributed by atoms with van der Waals surface area (Å²) >= 11 is 0. The van der Waals surface area contributed by atoms with Crippen molar-refractivity contribution in [2.24, 2.45) is 11.3 Å². The summed E-state index contributed by atoms with van der Waals surface area (Å²) in [5.74, 6) is 0.815. The van der Waals surface area contributed by atoms with E-state index in [1.165, 1.54) is 36.1 Å². The van der Waals surface area contributed by atoms with E-state index < -0.39 is 0 Å². The Balaban J connectivity index is 1.84. The molecular formula is C16H25N. The molecule has 1 fully saturated rings. The Morgan fingerprint density at radius 3 is 2.41 bits per heavy atom. The van der Waals surface area contributed by atoms with E-state index in [2.05, 4.69) is 51.2 Å². The highest BCUT2D eigenvalue weighted by Crippen LogP contribution is 2.51. The third-order valence-corrected chi connectivity index (χ3v) is 4.49. The SMILES string of the molecule is Cc1ccc(CNCC2(C(C)C)CC2)cc1C. The van der Waals surface area contributed by atoms with Gasteiger partial charge in [0, 0.05) is 13.1 Å². The van der Waals surface area contributed by atoms with Crippen LogP contribution in [-0.4, -0.2) is 6.54 Å². The number of nitrogens with one attached hydrogen (secondary N) is 1. The molecule has 0 aliphatic heterocycles. The molecule has 1 aromatic carbocycles. The van der Waals surface area contributed by atoms with Gasteiger partial charge in [-0.3, -0.25) is 0 Å². The van der Waals surface area contributed by atoms with Crippen molar-refractivity contribution in [3.05, 3.63) is 34.9 Å². The second-order valence-corrected chi connectivity index (χ2v) is 6.04. The standard InChI is InChI=1S/C16H25N/c1-12(2)16(7-8-16)11-17-10-15-6-5-13(3)14(4)9-15/h5-6,9,12,17H,7-8,10-11H2,1-4H3. The minimum atomic E-state index is 0.611. The van der Waals surface area contributed by atoms with Gasteiger partial charge >= 0.3 is 0 Å². The molecule has 0 atom stereocenters. The quantitative estimate of drug-likeness (QED) is 0.812. The van der Waals surface area contributed by atoms with Crippen molar-refractivity contribution in [1.29, 1.82) is 0 Å². The minimum absolute atomic E-state index is 0.611. The highest BCUT2D eigenvalue weighted by Gasteiger charge is 2.44. The molecule has 17 heavy (non-hydrogen) atoms. The first-order chi connectivity index (χ1) is 8.03. The molecule has 2 rings (SSSR count). The van der Waals surface area contributed by atoms with Crippen molar-refractivity contribution < 1.29 is 0 Å². The molecule has 1 nitrogen and oxygen atoms in total. The van der Waals surface area contributed by atoms with Gasteiger partial charge in [-0.25, -0.2) is 0 Å². The van der Waals surface area contributed by atoms with Crippen molar-refractivity contribution in [3.63, 3.8) is 0 Å². The average Bonchev–Trinajstić information content (AvgIpc) is 3.04. The molecule has 1 aromatic rings. The molecular weight excluding hydrogens is 206 g/mol. The molecule has 1 heteroatoms. The first-order valence-corrected chi connectivity index (χ1v) is 6.80. The fourth-order valence-electron chi connectivity index (χ4n) is 2.49. The Morgan fingerprint density at radius 2 is 1.88 bits per heavy atom. The van der Waals surface area contributed by atoms with E-state index in [1.54, 1.807) is 0 Å². The van der Waals surface area contributed by atoms with Crippen molar-refractivity contribution in [2.75, 3.05) is 6.54 Å². The summed E-state index contributed by atoms with van der Waals surface area (Å²) in [5, 5.41) is 3.63. The van der Waals surface area contributed by atoms with Crippen LogP contribution < -0.4 is 5.32 Å². The molecule has 1 saturated carbocycles. The summed E-state index contributed by atoms with van der Waals surface area (Å²) in [6.07, 6.45) is 2.81. The van der Waals surface area contributed by atoms with Gasteiger partial charge in [-0.05, 0) is 54.7 Å². The van der Waals surface area contributed by atoms with Gasteiger partial charge in [0.05, 0.1) is 0 Å². The molecule has 1 aliphatic carbocycles. The van der Waals surface area contributed by atoms with Crippen LogP contribution in [0.25, 0.3) is 0 Å². The summed E-state index contributed by atoms with van der Waals surface area (Å²) in [4.78, 5) is 0. The van der Waals surface area contributed by atoms with Crippen LogP contribution in [0.1, 0.15) is 43.4 Å². The van der Waals surface area contributed by atoms with E-state index in [0.717, 1.165) is 12.5 Å². The van der Waals surface area contributed by atoms with Crippen LogP contribution in [0.2, 0.25) is 0 Å². The summed E-state index contributed by atoms with van der Waals surface area (Å²) in [5.41, 5.74) is 4.80. The Labute approximate surface area is 106 Å². The van der Waals surface area contributed by atoms with Gasteiger partial charge in [0.25, 0.3) is 0 Å². The van der Waals surface area contributed by atoms with E-state index >= 15 is 0 Å². The lowest BCUT2D eigenvalue weighted by atomic mass is 9.92. The topological polar surface area (TPSA) is 12.0 Å². The largest absolute Gasteiger partial charge is 0.312 e. The molecule has 0 radical (unpaired) electrons. The van der Waals surface area contributed by atoms with Crippen molar-refractivity contribution >= 4 is 0 Å². The number of rotatable bonds is 5. The number of benzene rings is 1. The molecule has 0 spiro atoms. The highest BCUT2D eigenvalue weighted by molar-refractivity contribution is 5.29. The third-order valence-electron chi connectivity index (χ3n) is 4.49. The van der Waals surface area contributed by atoms with E-state index in [-0.39, 0.29) is 0 Å². The van der Waals surface area contributed by atoms with Crippen LogP contribution >= 0.6 is 0 Å². The smallest absolute Gasteiger partial charge is 0.0205 e. The molecule has 0 aromatic heterocycles. The second kappa shape index (κ2) is 4.81. The summed E-state index contributed by atoms with van der Waals surface area (Å²) in [6, 6.07) is 6.77. The van der Waals surface area contributed by atoms with Crippen molar-refractivity contribution in [1.82, 2.24) is 5.32 Å². The van der Waals surface area contributed by atoms with Gasteiger partial charge in [-0.1, -0.05) is 32.0 Å². The predicted octanol–water partition coefficient (Wildman–Crippen LogP) is 3.83. The molecule has 0 bridgehead atoms. The first kappa shape index (κ1) is 12.6. The van der Waals surface area contributed by atoms with E-state index in [0.29, 0.717) is 5.41 Å². The first-order valence-electron chi connectivity index (χ1n) is 6.80. The predicted molar refractivity (Wildman–Crippen MR) is 74.1 cm³/mol. The highest BCUT2D eigenvalue weighted by atomic mass is 14.9. The number of hydrogen-bond acceptors (Lipinski definition) is 1. The van der Waals surface area contributed by atoms with Crippen LogP contribution in [0.3, 0.4) is 0 Å². The van der Waals surface area contributed by atoms with Crippen LogP contribution in [0.15, 0.2) is 18.2 Å². The lowest BCUT2D eigenvalue weighted by molar-refractivity contribution is 0.338. The zero-order chi connectivity index (χ0) is 12.5. The third kappa shape index (κ3) is 2.90. The van der Waals surface area contributed by atoms with Crippen LogP contribution in [0.4, 0.5) is 0 Å². The molecule has 1 aliphatic rings. The molecule has 0 heterocycles. The summed E-state index contributed by atoms with van der Waals surface area (Å²) in [6.45, 7) is 11.3. The monoisotopic (exact) mass is 231 g/mol. The van der Waals surface area contributed by atoms with Crippen LogP contribution in [0, 0.1) is 25.2 Å². The molecule has 94 valence electrons. The lowest BCUT2D eigenvalue weighted by Crippen LogP contribution is -2.27. The van der Waals surface area contributed by atoms with Crippen LogP contribution in [-0.2, 0) is 6.54 Å². The van der Waals surface area contributed by atoms with Gasteiger partial charge in [0.2, 0.25) is 0 Å². The molecule has 1 N–H and O–H groups in total. The molecule has 0 saturated heterocycles. The average molecular weight is 231 g/mol. The summed E-state index contributed by atoms with van der Waals surface area (Å²) in [7, 11) is 0. The maximum absolute atomic E-state index is 3.63. The minimum Gasteiger partial charge on any atom is -0.312 e. The summed E-state index contributed by atoms with van der Waals surface area (Å²) < 4.78 is 0. The number of aryl methyl sites for hydroxylation is 2. The van der Waals surface area contributed by atoms with Gasteiger partial charge < -0.3 is 5.32 Å². The maximum Gasteiger partial charge on any atom is 0.0205 e. The van der Waals surface area contributed by atoms with Gasteiger partial charge in [0.1, 0.15) is 0 Å². The Morgan fingerprint density at radius 1 is 1.18 bits per heavy atom. The van der Waals surface area contributed by atoms with Gasteiger partial charge in [-0.15, -0.1) is 0 Å². The van der Waals surface area contributed by atoms with Gasteiger partial charge in [-0.2, -0.15) is 0 Å². The van der Waals surface area contributed by atoms with Gasteiger partial charge in [0.15, 0.2) is 0 Å². The Bertz CT molecular complexity index is 389. The zero-order valence-electron chi connectivity index (χ0n) is 11.6. The van der Waals surface area contributed by atoms with E-state index in [4.69, 9.17) is 0 Å². The van der Waals surface area contributed by atoms with E-state index in [1.807, 2.05) is 0 Å². The number of hydrogen-bond donors (Lipinski definition) is 1. The lowest BCUT2D eigenvalue weighted by Gasteiger charge is -2.20. The molecule has 0 unspecified atom stereocenters. The van der Waals surface area contributed by atoms with E-state index in [9.17, 15) is 0 Å². The van der Waals surface area contributed by atoms with Crippen molar-refractivity contribution in [2.45, 2.75) is 47.1 Å². The fraction of sp³-hybridized carbons (Fsp3) is 0.625. The Hall–Kier alpha value is -0.820.